The molecule has 0 fully saturated rings. The molecule has 0 radical (unpaired) electrons. The molecule has 0 heterocycles. The second-order valence-corrected chi connectivity index (χ2v) is 6.57. The molecule has 1 amide bonds. The number of hydrogen-bond acceptors (Lipinski definition) is 1. The summed E-state index contributed by atoms with van der Waals surface area (Å²) in [5.74, 6) is 0.305. The quantitative estimate of drug-likeness (QED) is 0.831. The van der Waals surface area contributed by atoms with Gasteiger partial charge in [-0.2, -0.15) is 0 Å². The van der Waals surface area contributed by atoms with Gasteiger partial charge in [-0.05, 0) is 37.0 Å². The molecule has 1 rings (SSSR count). The second-order valence-electron chi connectivity index (χ2n) is 6.30. The molecule has 0 aliphatic heterocycles. The van der Waals surface area contributed by atoms with Crippen molar-refractivity contribution in [2.45, 2.75) is 45.6 Å². The lowest BCUT2D eigenvalue weighted by atomic mass is 9.86. The van der Waals surface area contributed by atoms with Crippen molar-refractivity contribution < 1.29 is 4.79 Å². The van der Waals surface area contributed by atoms with Gasteiger partial charge in [0.15, 0.2) is 0 Å². The van der Waals surface area contributed by atoms with E-state index < -0.39 is 0 Å². The Morgan fingerprint density at radius 2 is 1.61 bits per heavy atom. The van der Waals surface area contributed by atoms with Crippen LogP contribution in [0, 0.1) is 0 Å². The molecule has 2 nitrogen and oxygen atoms in total. The summed E-state index contributed by atoms with van der Waals surface area (Å²) >= 11 is 5.80. The number of nitrogens with one attached hydrogen (secondary N) is 1. The van der Waals surface area contributed by atoms with Gasteiger partial charge in [-0.15, -0.1) is 11.6 Å². The summed E-state index contributed by atoms with van der Waals surface area (Å²) < 4.78 is 0. The fourth-order valence-electron chi connectivity index (χ4n) is 1.53. The maximum atomic E-state index is 12.0. The summed E-state index contributed by atoms with van der Waals surface area (Å²) in [6, 6.07) is 7.73. The summed E-state index contributed by atoms with van der Waals surface area (Å²) in [5.41, 5.74) is 1.60. The lowest BCUT2D eigenvalue weighted by molar-refractivity contribution is 0.0920. The summed E-state index contributed by atoms with van der Waals surface area (Å²) in [7, 11) is 0. The minimum atomic E-state index is -0.388. The van der Waals surface area contributed by atoms with E-state index in [9.17, 15) is 4.79 Å². The summed E-state index contributed by atoms with van der Waals surface area (Å²) in [5, 5.41) is 2.91. The summed E-state index contributed by atoms with van der Waals surface area (Å²) in [6.45, 7) is 10.3. The van der Waals surface area contributed by atoms with Crippen molar-refractivity contribution in [1.82, 2.24) is 5.32 Å². The van der Waals surface area contributed by atoms with E-state index in [4.69, 9.17) is 11.6 Å². The van der Waals surface area contributed by atoms with Crippen LogP contribution < -0.4 is 5.32 Å². The van der Waals surface area contributed by atoms with Crippen molar-refractivity contribution in [3.8, 4) is 0 Å². The van der Waals surface area contributed by atoms with Gasteiger partial charge in [-0.25, -0.2) is 0 Å². The SMILES string of the molecule is CC(C)(CCl)NC(=O)c1ccc(C(C)(C)C)cc1. The zero-order valence-corrected chi connectivity index (χ0v) is 12.6. The molecule has 0 unspecified atom stereocenters. The average molecular weight is 268 g/mol. The minimum Gasteiger partial charge on any atom is -0.346 e. The van der Waals surface area contributed by atoms with E-state index in [-0.39, 0.29) is 16.9 Å². The van der Waals surface area contributed by atoms with E-state index in [2.05, 4.69) is 26.1 Å². The van der Waals surface area contributed by atoms with Crippen LogP contribution in [0.4, 0.5) is 0 Å². The van der Waals surface area contributed by atoms with Gasteiger partial charge in [0, 0.05) is 17.0 Å². The Labute approximate surface area is 115 Å². The highest BCUT2D eigenvalue weighted by atomic mass is 35.5. The van der Waals surface area contributed by atoms with Crippen LogP contribution in [0.25, 0.3) is 0 Å². The predicted molar refractivity (Wildman–Crippen MR) is 77.4 cm³/mol. The van der Waals surface area contributed by atoms with E-state index in [1.165, 1.54) is 5.56 Å². The standard InChI is InChI=1S/C15H22ClNO/c1-14(2,3)12-8-6-11(7-9-12)13(18)17-15(4,5)10-16/h6-9H,10H2,1-5H3,(H,17,18). The molecular formula is C15H22ClNO. The Bertz CT molecular complexity index is 415. The van der Waals surface area contributed by atoms with Gasteiger partial charge < -0.3 is 5.32 Å². The highest BCUT2D eigenvalue weighted by Gasteiger charge is 2.20. The number of carbonyl (C=O) groups excluding carboxylic acids is 1. The van der Waals surface area contributed by atoms with Gasteiger partial charge in [0.1, 0.15) is 0 Å². The first-order chi connectivity index (χ1) is 8.15. The fraction of sp³-hybridized carbons (Fsp3) is 0.533. The van der Waals surface area contributed by atoms with Crippen molar-refractivity contribution in [3.05, 3.63) is 35.4 Å². The molecule has 1 aromatic carbocycles. The average Bonchev–Trinajstić information content (AvgIpc) is 2.27. The Balaban J connectivity index is 2.83. The molecule has 0 saturated carbocycles. The number of benzene rings is 1. The van der Waals surface area contributed by atoms with Crippen molar-refractivity contribution in [3.63, 3.8) is 0 Å². The van der Waals surface area contributed by atoms with Crippen molar-refractivity contribution in [2.75, 3.05) is 5.88 Å². The van der Waals surface area contributed by atoms with E-state index in [0.29, 0.717) is 11.4 Å². The third-order valence-electron chi connectivity index (χ3n) is 2.80. The number of amides is 1. The molecule has 18 heavy (non-hydrogen) atoms. The summed E-state index contributed by atoms with van der Waals surface area (Å²) in [4.78, 5) is 12.0. The predicted octanol–water partition coefficient (Wildman–Crippen LogP) is 3.73. The molecule has 0 aliphatic carbocycles. The summed E-state index contributed by atoms with van der Waals surface area (Å²) in [6.07, 6.45) is 0. The molecule has 0 atom stereocenters. The fourth-order valence-corrected chi connectivity index (χ4v) is 1.60. The molecule has 1 N–H and O–H groups in total. The molecule has 0 aromatic heterocycles. The normalized spacial score (nSPS) is 12.3. The van der Waals surface area contributed by atoms with E-state index >= 15 is 0 Å². The molecular weight excluding hydrogens is 246 g/mol. The van der Waals surface area contributed by atoms with Crippen LogP contribution in [-0.4, -0.2) is 17.3 Å². The van der Waals surface area contributed by atoms with Gasteiger partial charge in [0.05, 0.1) is 0 Å². The molecule has 100 valence electrons. The number of hydrogen-bond donors (Lipinski definition) is 1. The number of rotatable bonds is 3. The van der Waals surface area contributed by atoms with E-state index in [0.717, 1.165) is 0 Å². The van der Waals surface area contributed by atoms with Crippen LogP contribution in [0.15, 0.2) is 24.3 Å². The first kappa shape index (κ1) is 15.0. The Morgan fingerprint density at radius 3 is 2.00 bits per heavy atom. The zero-order valence-electron chi connectivity index (χ0n) is 11.8. The van der Waals surface area contributed by atoms with Crippen LogP contribution in [-0.2, 0) is 5.41 Å². The van der Waals surface area contributed by atoms with Crippen LogP contribution >= 0.6 is 11.6 Å². The van der Waals surface area contributed by atoms with Crippen molar-refractivity contribution in [2.24, 2.45) is 0 Å². The van der Waals surface area contributed by atoms with Crippen LogP contribution in [0.2, 0.25) is 0 Å². The number of carbonyl (C=O) groups is 1. The number of halogens is 1. The number of alkyl halides is 1. The second kappa shape index (κ2) is 5.31. The maximum absolute atomic E-state index is 12.0. The van der Waals surface area contributed by atoms with Crippen LogP contribution in [0.5, 0.6) is 0 Å². The minimum absolute atomic E-state index is 0.0823. The lowest BCUT2D eigenvalue weighted by Crippen LogP contribution is -2.44. The molecule has 0 bridgehead atoms. The molecule has 0 aliphatic rings. The van der Waals surface area contributed by atoms with Gasteiger partial charge in [-0.1, -0.05) is 32.9 Å². The van der Waals surface area contributed by atoms with Gasteiger partial charge in [0.25, 0.3) is 5.91 Å². The smallest absolute Gasteiger partial charge is 0.251 e. The van der Waals surface area contributed by atoms with E-state index in [1.54, 1.807) is 0 Å². The highest BCUT2D eigenvalue weighted by Crippen LogP contribution is 2.22. The monoisotopic (exact) mass is 267 g/mol. The highest BCUT2D eigenvalue weighted by molar-refractivity contribution is 6.18. The lowest BCUT2D eigenvalue weighted by Gasteiger charge is -2.24. The third kappa shape index (κ3) is 4.02. The Morgan fingerprint density at radius 1 is 1.11 bits per heavy atom. The van der Waals surface area contributed by atoms with E-state index in [1.807, 2.05) is 38.1 Å². The first-order valence-electron chi connectivity index (χ1n) is 6.15. The molecule has 1 aromatic rings. The van der Waals surface area contributed by atoms with Gasteiger partial charge in [0.2, 0.25) is 0 Å². The van der Waals surface area contributed by atoms with Gasteiger partial charge >= 0.3 is 0 Å². The first-order valence-corrected chi connectivity index (χ1v) is 6.68. The third-order valence-corrected chi connectivity index (χ3v) is 3.47. The largest absolute Gasteiger partial charge is 0.346 e. The zero-order chi connectivity index (χ0) is 14.0. The van der Waals surface area contributed by atoms with Crippen molar-refractivity contribution in [1.29, 1.82) is 0 Å². The van der Waals surface area contributed by atoms with Gasteiger partial charge in [-0.3, -0.25) is 4.79 Å². The van der Waals surface area contributed by atoms with Crippen LogP contribution in [0.1, 0.15) is 50.5 Å². The van der Waals surface area contributed by atoms with Crippen molar-refractivity contribution >= 4 is 17.5 Å². The topological polar surface area (TPSA) is 29.1 Å². The maximum Gasteiger partial charge on any atom is 0.251 e. The Kier molecular flexibility index (Phi) is 4.44. The Hall–Kier alpha value is -1.02. The molecule has 0 spiro atoms. The molecule has 3 heteroatoms. The molecule has 0 saturated heterocycles. The van der Waals surface area contributed by atoms with Crippen LogP contribution in [0.3, 0.4) is 0 Å².